The van der Waals surface area contributed by atoms with E-state index in [1.54, 1.807) is 13.0 Å². The van der Waals surface area contributed by atoms with Gasteiger partial charge in [0.05, 0.1) is 11.3 Å². The van der Waals surface area contributed by atoms with E-state index in [1.807, 2.05) is 0 Å². The molecule has 0 saturated heterocycles. The molecular formula is C7H8BrN3O. The number of carbonyl (C=O) groups excluding carboxylic acids is 1. The number of nitrogens with two attached hydrogens (primary N) is 2. The van der Waals surface area contributed by atoms with Gasteiger partial charge in [0.25, 0.3) is 5.91 Å². The Hall–Kier alpha value is -1.10. The van der Waals surface area contributed by atoms with E-state index in [0.29, 0.717) is 0 Å². The van der Waals surface area contributed by atoms with E-state index in [-0.39, 0.29) is 11.4 Å². The van der Waals surface area contributed by atoms with Gasteiger partial charge in [0, 0.05) is 4.47 Å². The van der Waals surface area contributed by atoms with Crippen LogP contribution in [0.2, 0.25) is 0 Å². The summed E-state index contributed by atoms with van der Waals surface area (Å²) in [5, 5.41) is 0. The first-order chi connectivity index (χ1) is 5.52. The molecule has 4 N–H and O–H groups in total. The molecule has 0 aliphatic rings. The van der Waals surface area contributed by atoms with Crippen molar-refractivity contribution in [1.29, 1.82) is 0 Å². The molecule has 0 fully saturated rings. The first kappa shape index (κ1) is 8.99. The van der Waals surface area contributed by atoms with Crippen LogP contribution in [0.1, 0.15) is 16.1 Å². The van der Waals surface area contributed by atoms with Gasteiger partial charge in [0.1, 0.15) is 5.82 Å². The summed E-state index contributed by atoms with van der Waals surface area (Å²) in [7, 11) is 0. The van der Waals surface area contributed by atoms with Crippen molar-refractivity contribution in [3.8, 4) is 0 Å². The van der Waals surface area contributed by atoms with E-state index in [4.69, 9.17) is 11.5 Å². The van der Waals surface area contributed by atoms with Gasteiger partial charge < -0.3 is 11.5 Å². The Morgan fingerprint density at radius 1 is 1.67 bits per heavy atom. The van der Waals surface area contributed by atoms with Crippen molar-refractivity contribution >= 4 is 27.7 Å². The Kier molecular flexibility index (Phi) is 2.32. The fraction of sp³-hybridized carbons (Fsp3) is 0.143. The zero-order valence-corrected chi connectivity index (χ0v) is 8.05. The molecule has 0 unspecified atom stereocenters. The van der Waals surface area contributed by atoms with Crippen molar-refractivity contribution in [3.05, 3.63) is 21.8 Å². The lowest BCUT2D eigenvalue weighted by Gasteiger charge is -2.03. The maximum absolute atomic E-state index is 10.8. The van der Waals surface area contributed by atoms with Gasteiger partial charge in [-0.15, -0.1) is 0 Å². The Morgan fingerprint density at radius 2 is 2.25 bits per heavy atom. The largest absolute Gasteiger partial charge is 0.383 e. The van der Waals surface area contributed by atoms with Crippen LogP contribution in [0.25, 0.3) is 0 Å². The predicted octanol–water partition coefficient (Wildman–Crippen LogP) is 0.834. The van der Waals surface area contributed by atoms with Crippen molar-refractivity contribution in [2.45, 2.75) is 6.92 Å². The zero-order chi connectivity index (χ0) is 9.30. The quantitative estimate of drug-likeness (QED) is 0.749. The molecule has 1 amide bonds. The highest BCUT2D eigenvalue weighted by Gasteiger charge is 2.09. The molecule has 0 bridgehead atoms. The monoisotopic (exact) mass is 229 g/mol. The van der Waals surface area contributed by atoms with Crippen LogP contribution in [0.4, 0.5) is 5.82 Å². The molecule has 0 radical (unpaired) electrons. The van der Waals surface area contributed by atoms with Crippen LogP contribution in [0.3, 0.4) is 0 Å². The summed E-state index contributed by atoms with van der Waals surface area (Å²) in [6.45, 7) is 1.78. The minimum atomic E-state index is -0.569. The topological polar surface area (TPSA) is 82.0 Å². The van der Waals surface area contributed by atoms with Crippen molar-refractivity contribution in [3.63, 3.8) is 0 Å². The summed E-state index contributed by atoms with van der Waals surface area (Å²) >= 11 is 3.22. The smallest absolute Gasteiger partial charge is 0.252 e. The van der Waals surface area contributed by atoms with Crippen LogP contribution in [0.15, 0.2) is 10.5 Å². The summed E-state index contributed by atoms with van der Waals surface area (Å²) in [5.41, 5.74) is 11.5. The molecule has 12 heavy (non-hydrogen) atoms. The Bertz CT molecular complexity index is 338. The highest BCUT2D eigenvalue weighted by Crippen LogP contribution is 2.19. The maximum atomic E-state index is 10.8. The minimum absolute atomic E-state index is 0.170. The van der Waals surface area contributed by atoms with E-state index in [0.717, 1.165) is 10.2 Å². The second-order valence-electron chi connectivity index (χ2n) is 2.35. The van der Waals surface area contributed by atoms with Crippen LogP contribution >= 0.6 is 15.9 Å². The van der Waals surface area contributed by atoms with Crippen LogP contribution < -0.4 is 11.5 Å². The summed E-state index contributed by atoms with van der Waals surface area (Å²) in [5.74, 6) is -0.399. The van der Waals surface area contributed by atoms with E-state index in [2.05, 4.69) is 20.9 Å². The third kappa shape index (κ3) is 1.55. The molecule has 1 aromatic rings. The number of pyridine rings is 1. The van der Waals surface area contributed by atoms with Gasteiger partial charge in [-0.3, -0.25) is 4.79 Å². The van der Waals surface area contributed by atoms with Gasteiger partial charge in [-0.05, 0) is 28.9 Å². The number of amides is 1. The lowest BCUT2D eigenvalue weighted by Crippen LogP contribution is -2.14. The average Bonchev–Trinajstić information content (AvgIpc) is 1.96. The lowest BCUT2D eigenvalue weighted by atomic mass is 10.2. The van der Waals surface area contributed by atoms with Crippen molar-refractivity contribution in [2.75, 3.05) is 5.73 Å². The SMILES string of the molecule is Cc1nc(N)c(C(N)=O)cc1Br. The van der Waals surface area contributed by atoms with Crippen LogP contribution in [-0.4, -0.2) is 10.9 Å². The molecule has 0 aliphatic carbocycles. The molecule has 5 heteroatoms. The van der Waals surface area contributed by atoms with Crippen LogP contribution in [0.5, 0.6) is 0 Å². The van der Waals surface area contributed by atoms with Crippen molar-refractivity contribution in [2.24, 2.45) is 5.73 Å². The predicted molar refractivity (Wildman–Crippen MR) is 49.6 cm³/mol. The van der Waals surface area contributed by atoms with Crippen LogP contribution in [-0.2, 0) is 0 Å². The van der Waals surface area contributed by atoms with E-state index in [1.165, 1.54) is 0 Å². The average molecular weight is 230 g/mol. The Balaban J connectivity index is 3.33. The number of hydrogen-bond acceptors (Lipinski definition) is 3. The fourth-order valence-corrected chi connectivity index (χ4v) is 1.11. The van der Waals surface area contributed by atoms with Gasteiger partial charge >= 0.3 is 0 Å². The second-order valence-corrected chi connectivity index (χ2v) is 3.21. The Labute approximate surface area is 78.1 Å². The molecule has 0 aromatic carbocycles. The number of nitrogens with zero attached hydrogens (tertiary/aromatic N) is 1. The molecule has 4 nitrogen and oxygen atoms in total. The number of rotatable bonds is 1. The highest BCUT2D eigenvalue weighted by atomic mass is 79.9. The van der Waals surface area contributed by atoms with E-state index >= 15 is 0 Å². The summed E-state index contributed by atoms with van der Waals surface area (Å²) < 4.78 is 0.727. The number of anilines is 1. The van der Waals surface area contributed by atoms with Crippen LogP contribution in [0, 0.1) is 6.92 Å². The fourth-order valence-electron chi connectivity index (χ4n) is 0.797. The van der Waals surface area contributed by atoms with Crippen molar-refractivity contribution in [1.82, 2.24) is 4.98 Å². The van der Waals surface area contributed by atoms with E-state index in [9.17, 15) is 4.79 Å². The molecule has 0 saturated carbocycles. The molecule has 0 spiro atoms. The molecule has 1 rings (SSSR count). The molecule has 64 valence electrons. The third-order valence-electron chi connectivity index (χ3n) is 1.45. The van der Waals surface area contributed by atoms with Crippen molar-refractivity contribution < 1.29 is 4.79 Å². The highest BCUT2D eigenvalue weighted by molar-refractivity contribution is 9.10. The lowest BCUT2D eigenvalue weighted by molar-refractivity contribution is 0.100. The molecule has 0 aliphatic heterocycles. The third-order valence-corrected chi connectivity index (χ3v) is 2.25. The normalized spacial score (nSPS) is 9.83. The first-order valence-corrected chi connectivity index (χ1v) is 4.04. The second kappa shape index (κ2) is 3.10. The Morgan fingerprint density at radius 3 is 2.75 bits per heavy atom. The molecule has 0 atom stereocenters. The van der Waals surface area contributed by atoms with Gasteiger partial charge in [-0.25, -0.2) is 4.98 Å². The minimum Gasteiger partial charge on any atom is -0.383 e. The number of primary amides is 1. The van der Waals surface area contributed by atoms with E-state index < -0.39 is 5.91 Å². The number of halogens is 1. The summed E-state index contributed by atoms with van der Waals surface area (Å²) in [6, 6.07) is 1.57. The number of carbonyl (C=O) groups is 1. The first-order valence-electron chi connectivity index (χ1n) is 3.25. The molecule has 1 heterocycles. The number of hydrogen-bond donors (Lipinski definition) is 2. The summed E-state index contributed by atoms with van der Waals surface area (Å²) in [6.07, 6.45) is 0. The molecule has 1 aromatic heterocycles. The molecular weight excluding hydrogens is 222 g/mol. The maximum Gasteiger partial charge on any atom is 0.252 e. The number of aromatic nitrogens is 1. The van der Waals surface area contributed by atoms with Gasteiger partial charge in [-0.2, -0.15) is 0 Å². The standard InChI is InChI=1S/C7H8BrN3O/c1-3-5(8)2-4(7(10)12)6(9)11-3/h2H,1H3,(H2,9,11)(H2,10,12). The van der Waals surface area contributed by atoms with Gasteiger partial charge in [0.15, 0.2) is 0 Å². The number of aryl methyl sites for hydroxylation is 1. The van der Waals surface area contributed by atoms with Gasteiger partial charge in [-0.1, -0.05) is 0 Å². The number of nitrogen functional groups attached to an aromatic ring is 1. The van der Waals surface area contributed by atoms with Gasteiger partial charge in [0.2, 0.25) is 0 Å². The summed E-state index contributed by atoms with van der Waals surface area (Å²) in [4.78, 5) is 14.7. The zero-order valence-electron chi connectivity index (χ0n) is 6.47.